The van der Waals surface area contributed by atoms with E-state index in [2.05, 4.69) is 16.8 Å². The van der Waals surface area contributed by atoms with Crippen molar-refractivity contribution in [3.8, 4) is 17.6 Å². The zero-order chi connectivity index (χ0) is 17.6. The quantitative estimate of drug-likeness (QED) is 0.836. The van der Waals surface area contributed by atoms with Crippen LogP contribution in [0.4, 0.5) is 8.78 Å². The number of pyridine rings is 1. The summed E-state index contributed by atoms with van der Waals surface area (Å²) in [4.78, 5) is 3.02. The van der Waals surface area contributed by atoms with Crippen LogP contribution in [0.25, 0.3) is 0 Å². The normalized spacial score (nSPS) is 10.8. The lowest BCUT2D eigenvalue weighted by atomic mass is 10.3. The maximum absolute atomic E-state index is 13.5. The van der Waals surface area contributed by atoms with Crippen molar-refractivity contribution >= 4 is 10.0 Å². The van der Waals surface area contributed by atoms with Gasteiger partial charge in [-0.15, -0.1) is 0 Å². The van der Waals surface area contributed by atoms with Gasteiger partial charge in [0.25, 0.3) is 0 Å². The summed E-state index contributed by atoms with van der Waals surface area (Å²) in [6.07, 6.45) is 1.54. The highest BCUT2D eigenvalue weighted by Crippen LogP contribution is 2.17. The van der Waals surface area contributed by atoms with Gasteiger partial charge in [-0.05, 0) is 31.2 Å². The van der Waals surface area contributed by atoms with Gasteiger partial charge in [-0.1, -0.05) is 17.9 Å². The molecule has 0 bridgehead atoms. The fraction of sp³-hybridized carbons (Fsp3) is 0.188. The van der Waals surface area contributed by atoms with Crippen LogP contribution in [0.1, 0.15) is 5.69 Å². The maximum atomic E-state index is 13.5. The Labute approximate surface area is 138 Å². The number of ether oxygens (including phenoxy) is 1. The summed E-state index contributed by atoms with van der Waals surface area (Å²) >= 11 is 0. The Bertz CT molecular complexity index is 852. The lowest BCUT2D eigenvalue weighted by molar-refractivity contribution is 0.368. The van der Waals surface area contributed by atoms with Crippen molar-refractivity contribution in [2.24, 2.45) is 0 Å². The first-order valence-electron chi connectivity index (χ1n) is 6.85. The fourth-order valence-corrected chi connectivity index (χ4v) is 2.77. The molecule has 0 unspecified atom stereocenters. The Balaban J connectivity index is 1.89. The molecular weight excluding hydrogens is 338 g/mol. The Kier molecular flexibility index (Phi) is 5.84. The number of halogens is 2. The second-order valence-corrected chi connectivity index (χ2v) is 6.36. The maximum Gasteiger partial charge on any atom is 0.247 e. The largest absolute Gasteiger partial charge is 0.479 e. The minimum absolute atomic E-state index is 0.0283. The van der Waals surface area contributed by atoms with Crippen LogP contribution >= 0.6 is 0 Å². The number of aryl methyl sites for hydroxylation is 1. The summed E-state index contributed by atoms with van der Waals surface area (Å²) in [7, 11) is -4.32. The highest BCUT2D eigenvalue weighted by Gasteiger charge is 2.22. The molecule has 0 spiro atoms. The predicted molar refractivity (Wildman–Crippen MR) is 83.8 cm³/mol. The number of hydrogen-bond donors (Lipinski definition) is 1. The van der Waals surface area contributed by atoms with Crippen LogP contribution in [-0.4, -0.2) is 26.6 Å². The number of aromatic nitrogens is 1. The van der Waals surface area contributed by atoms with E-state index in [-0.39, 0.29) is 13.2 Å². The van der Waals surface area contributed by atoms with Crippen molar-refractivity contribution in [1.82, 2.24) is 9.71 Å². The van der Waals surface area contributed by atoms with Gasteiger partial charge in [-0.25, -0.2) is 17.2 Å². The molecule has 0 atom stereocenters. The molecule has 24 heavy (non-hydrogen) atoms. The van der Waals surface area contributed by atoms with E-state index < -0.39 is 26.6 Å². The smallest absolute Gasteiger partial charge is 0.247 e. The van der Waals surface area contributed by atoms with Gasteiger partial charge >= 0.3 is 0 Å². The van der Waals surface area contributed by atoms with E-state index in [0.717, 1.165) is 23.9 Å². The molecule has 1 N–H and O–H groups in total. The molecule has 5 nitrogen and oxygen atoms in total. The van der Waals surface area contributed by atoms with E-state index in [1.165, 1.54) is 0 Å². The molecule has 0 aliphatic carbocycles. The summed E-state index contributed by atoms with van der Waals surface area (Å²) in [5.41, 5.74) is 0.850. The van der Waals surface area contributed by atoms with Crippen LogP contribution in [0.5, 0.6) is 5.75 Å². The van der Waals surface area contributed by atoms with Crippen molar-refractivity contribution in [2.75, 3.05) is 13.2 Å². The van der Waals surface area contributed by atoms with E-state index in [4.69, 9.17) is 4.74 Å². The highest BCUT2D eigenvalue weighted by atomic mass is 32.2. The molecule has 1 aromatic heterocycles. The SMILES string of the molecule is Cc1ccc(OCC#CCNS(=O)(=O)c2c(F)cccc2F)cn1. The second kappa shape index (κ2) is 7.86. The topological polar surface area (TPSA) is 68.3 Å². The van der Waals surface area contributed by atoms with Gasteiger partial charge in [0.05, 0.1) is 12.7 Å². The lowest BCUT2D eigenvalue weighted by Gasteiger charge is -2.06. The average Bonchev–Trinajstić information content (AvgIpc) is 2.52. The summed E-state index contributed by atoms with van der Waals surface area (Å²) < 4.78 is 58.0. The van der Waals surface area contributed by atoms with E-state index in [1.54, 1.807) is 18.3 Å². The molecule has 2 aromatic rings. The van der Waals surface area contributed by atoms with E-state index >= 15 is 0 Å². The number of benzene rings is 1. The van der Waals surface area contributed by atoms with Crippen LogP contribution in [0.3, 0.4) is 0 Å². The molecule has 0 fully saturated rings. The van der Waals surface area contributed by atoms with Gasteiger partial charge in [0.2, 0.25) is 10.0 Å². The van der Waals surface area contributed by atoms with Crippen LogP contribution in [0.2, 0.25) is 0 Å². The first-order valence-corrected chi connectivity index (χ1v) is 8.33. The average molecular weight is 352 g/mol. The van der Waals surface area contributed by atoms with Gasteiger partial charge in [-0.2, -0.15) is 4.72 Å². The molecule has 0 saturated carbocycles. The van der Waals surface area contributed by atoms with Gasteiger partial charge in [0.1, 0.15) is 24.0 Å². The Morgan fingerprint density at radius 1 is 1.17 bits per heavy atom. The van der Waals surface area contributed by atoms with Gasteiger partial charge in [-0.3, -0.25) is 4.98 Å². The van der Waals surface area contributed by atoms with Gasteiger partial charge in [0, 0.05) is 5.69 Å². The highest BCUT2D eigenvalue weighted by molar-refractivity contribution is 7.89. The van der Waals surface area contributed by atoms with Gasteiger partial charge in [0.15, 0.2) is 4.90 Å². The van der Waals surface area contributed by atoms with Crippen molar-refractivity contribution in [1.29, 1.82) is 0 Å². The third-order valence-corrected chi connectivity index (χ3v) is 4.31. The molecule has 0 saturated heterocycles. The number of nitrogens with one attached hydrogen (secondary N) is 1. The molecular formula is C16H14F2N2O3S. The predicted octanol–water partition coefficient (Wildman–Crippen LogP) is 2.03. The van der Waals surface area contributed by atoms with Crippen molar-refractivity contribution in [3.05, 3.63) is 53.9 Å². The number of nitrogens with zero attached hydrogens (tertiary/aromatic N) is 1. The third-order valence-electron chi connectivity index (χ3n) is 2.86. The zero-order valence-electron chi connectivity index (χ0n) is 12.7. The Morgan fingerprint density at radius 3 is 2.50 bits per heavy atom. The van der Waals surface area contributed by atoms with E-state index in [0.29, 0.717) is 5.75 Å². The minimum Gasteiger partial charge on any atom is -0.479 e. The van der Waals surface area contributed by atoms with E-state index in [1.807, 2.05) is 11.6 Å². The molecule has 1 aromatic carbocycles. The molecule has 1 heterocycles. The van der Waals surface area contributed by atoms with Crippen molar-refractivity contribution < 1.29 is 21.9 Å². The summed E-state index contributed by atoms with van der Waals surface area (Å²) in [5.74, 6) is 3.30. The second-order valence-electron chi connectivity index (χ2n) is 4.65. The molecule has 0 radical (unpaired) electrons. The van der Waals surface area contributed by atoms with Crippen molar-refractivity contribution in [2.45, 2.75) is 11.8 Å². The molecule has 0 aliphatic heterocycles. The molecule has 0 aliphatic rings. The summed E-state index contributed by atoms with van der Waals surface area (Å²) in [5, 5.41) is 0. The lowest BCUT2D eigenvalue weighted by Crippen LogP contribution is -2.26. The summed E-state index contributed by atoms with van der Waals surface area (Å²) in [6.45, 7) is 1.57. The minimum atomic E-state index is -4.32. The number of sulfonamides is 1. The van der Waals surface area contributed by atoms with Crippen LogP contribution in [-0.2, 0) is 10.0 Å². The summed E-state index contributed by atoms with van der Waals surface area (Å²) in [6, 6.07) is 6.33. The Morgan fingerprint density at radius 2 is 1.88 bits per heavy atom. The first-order chi connectivity index (χ1) is 11.4. The molecule has 8 heteroatoms. The Hall–Kier alpha value is -2.50. The first kappa shape index (κ1) is 17.8. The monoisotopic (exact) mass is 352 g/mol. The molecule has 126 valence electrons. The number of hydrogen-bond acceptors (Lipinski definition) is 4. The molecule has 0 amide bonds. The standard InChI is InChI=1S/C16H14F2N2O3S/c1-12-7-8-13(11-19-12)23-10-3-2-9-20-24(21,22)16-14(17)5-4-6-15(16)18/h4-8,11,20H,9-10H2,1H3. The fourth-order valence-electron chi connectivity index (χ4n) is 1.72. The van der Waals surface area contributed by atoms with E-state index in [9.17, 15) is 17.2 Å². The van der Waals surface area contributed by atoms with Crippen LogP contribution in [0, 0.1) is 30.4 Å². The van der Waals surface area contributed by atoms with Crippen LogP contribution < -0.4 is 9.46 Å². The van der Waals surface area contributed by atoms with Crippen molar-refractivity contribution in [3.63, 3.8) is 0 Å². The zero-order valence-corrected chi connectivity index (χ0v) is 13.5. The van der Waals surface area contributed by atoms with Crippen LogP contribution in [0.15, 0.2) is 41.4 Å². The number of rotatable bonds is 5. The third kappa shape index (κ3) is 4.75. The van der Waals surface area contributed by atoms with Gasteiger partial charge < -0.3 is 4.74 Å². The molecule has 2 rings (SSSR count).